The molecule has 1 aromatic rings. The van der Waals surface area contributed by atoms with E-state index in [0.717, 1.165) is 25.7 Å². The van der Waals surface area contributed by atoms with E-state index in [2.05, 4.69) is 0 Å². The molecule has 1 fully saturated rings. The van der Waals surface area contributed by atoms with Gasteiger partial charge in [-0.1, -0.05) is 25.3 Å². The summed E-state index contributed by atoms with van der Waals surface area (Å²) in [5.74, 6) is 1.28. The highest BCUT2D eigenvalue weighted by molar-refractivity contribution is 5.47. The Bertz CT molecular complexity index is 416. The van der Waals surface area contributed by atoms with Crippen molar-refractivity contribution < 1.29 is 19.3 Å². The van der Waals surface area contributed by atoms with Crippen LogP contribution in [0, 0.1) is 0 Å². The van der Waals surface area contributed by atoms with Crippen LogP contribution < -0.4 is 9.47 Å². The van der Waals surface area contributed by atoms with Gasteiger partial charge in [0.05, 0.1) is 25.4 Å². The fourth-order valence-electron chi connectivity index (χ4n) is 3.15. The lowest BCUT2D eigenvalue weighted by Crippen LogP contribution is -2.40. The molecule has 112 valence electrons. The van der Waals surface area contributed by atoms with E-state index in [-0.39, 0.29) is 0 Å². The molecule has 0 amide bonds. The third-order valence-electron chi connectivity index (χ3n) is 4.34. The molecular weight excluding hydrogens is 256 g/mol. The zero-order valence-electron chi connectivity index (χ0n) is 12.5. The maximum atomic E-state index is 10.9. The fraction of sp³-hybridized carbons (Fsp3) is 0.625. The second-order valence-electron chi connectivity index (χ2n) is 5.31. The third kappa shape index (κ3) is 2.63. The third-order valence-corrected chi connectivity index (χ3v) is 4.34. The number of hydrogen-bond donors (Lipinski definition) is 1. The average Bonchev–Trinajstić information content (AvgIpc) is 2.53. The summed E-state index contributed by atoms with van der Waals surface area (Å²) in [7, 11) is 4.88. The first-order valence-corrected chi connectivity index (χ1v) is 7.12. The summed E-state index contributed by atoms with van der Waals surface area (Å²) >= 11 is 0. The molecule has 4 nitrogen and oxygen atoms in total. The molecule has 1 saturated carbocycles. The summed E-state index contributed by atoms with van der Waals surface area (Å²) in [4.78, 5) is 0. The van der Waals surface area contributed by atoms with Gasteiger partial charge in [-0.3, -0.25) is 0 Å². The molecule has 0 bridgehead atoms. The molecular formula is C16H24O4. The van der Waals surface area contributed by atoms with Crippen LogP contribution >= 0.6 is 0 Å². The van der Waals surface area contributed by atoms with Crippen LogP contribution in [-0.2, 0) is 4.74 Å². The maximum absolute atomic E-state index is 10.9. The van der Waals surface area contributed by atoms with Gasteiger partial charge >= 0.3 is 0 Å². The van der Waals surface area contributed by atoms with Crippen molar-refractivity contribution in [3.8, 4) is 11.5 Å². The highest BCUT2D eigenvalue weighted by Gasteiger charge is 2.42. The molecule has 1 aromatic carbocycles. The maximum Gasteiger partial charge on any atom is 0.128 e. The number of ether oxygens (including phenoxy) is 3. The number of methoxy groups -OCH3 is 3. The minimum atomic E-state index is -0.751. The molecule has 1 N–H and O–H groups in total. The monoisotopic (exact) mass is 280 g/mol. The van der Waals surface area contributed by atoms with Gasteiger partial charge in [0, 0.05) is 7.11 Å². The van der Waals surface area contributed by atoms with Crippen LogP contribution in [0.4, 0.5) is 0 Å². The lowest BCUT2D eigenvalue weighted by molar-refractivity contribution is -0.126. The Morgan fingerprint density at radius 1 is 1.00 bits per heavy atom. The number of rotatable bonds is 5. The zero-order chi connectivity index (χ0) is 14.6. The van der Waals surface area contributed by atoms with Crippen LogP contribution in [0.3, 0.4) is 0 Å². The van der Waals surface area contributed by atoms with Gasteiger partial charge in [0.2, 0.25) is 0 Å². The summed E-state index contributed by atoms with van der Waals surface area (Å²) in [6.07, 6.45) is 4.29. The summed E-state index contributed by atoms with van der Waals surface area (Å²) < 4.78 is 16.5. The lowest BCUT2D eigenvalue weighted by Gasteiger charge is -2.40. The molecule has 0 spiro atoms. The number of hydrogen-bond acceptors (Lipinski definition) is 4. The normalized spacial score (nSPS) is 19.4. The molecule has 0 saturated heterocycles. The molecule has 2 rings (SSSR count). The van der Waals surface area contributed by atoms with Gasteiger partial charge in [-0.05, 0) is 25.0 Å². The van der Waals surface area contributed by atoms with Gasteiger partial charge in [-0.15, -0.1) is 0 Å². The molecule has 1 aliphatic rings. The Morgan fingerprint density at radius 3 is 2.00 bits per heavy atom. The van der Waals surface area contributed by atoms with Crippen molar-refractivity contribution in [2.45, 2.75) is 43.8 Å². The first-order chi connectivity index (χ1) is 9.68. The molecule has 0 aromatic heterocycles. The number of benzene rings is 1. The molecule has 0 heterocycles. The Kier molecular flexibility index (Phi) is 4.89. The zero-order valence-corrected chi connectivity index (χ0v) is 12.5. The van der Waals surface area contributed by atoms with Crippen molar-refractivity contribution in [2.24, 2.45) is 0 Å². The van der Waals surface area contributed by atoms with Gasteiger partial charge in [0.1, 0.15) is 17.6 Å². The first-order valence-electron chi connectivity index (χ1n) is 7.12. The lowest BCUT2D eigenvalue weighted by atomic mass is 9.77. The van der Waals surface area contributed by atoms with Crippen molar-refractivity contribution in [3.05, 3.63) is 23.8 Å². The van der Waals surface area contributed by atoms with Crippen molar-refractivity contribution in [1.29, 1.82) is 0 Å². The molecule has 4 heteroatoms. The van der Waals surface area contributed by atoms with Gasteiger partial charge in [-0.2, -0.15) is 0 Å². The van der Waals surface area contributed by atoms with E-state index >= 15 is 0 Å². The highest BCUT2D eigenvalue weighted by Crippen LogP contribution is 2.46. The van der Waals surface area contributed by atoms with Crippen LogP contribution in [0.2, 0.25) is 0 Å². The van der Waals surface area contributed by atoms with Gasteiger partial charge in [0.15, 0.2) is 0 Å². The molecule has 0 radical (unpaired) electrons. The molecule has 1 unspecified atom stereocenters. The van der Waals surface area contributed by atoms with Crippen molar-refractivity contribution in [1.82, 2.24) is 0 Å². The quantitative estimate of drug-likeness (QED) is 0.900. The van der Waals surface area contributed by atoms with E-state index in [0.29, 0.717) is 17.1 Å². The van der Waals surface area contributed by atoms with E-state index in [4.69, 9.17) is 14.2 Å². The molecule has 0 aliphatic heterocycles. The topological polar surface area (TPSA) is 47.9 Å². The minimum absolute atomic E-state index is 0.542. The van der Waals surface area contributed by atoms with Gasteiger partial charge in [-0.25, -0.2) is 0 Å². The van der Waals surface area contributed by atoms with E-state index in [1.54, 1.807) is 21.3 Å². The predicted molar refractivity (Wildman–Crippen MR) is 77.3 cm³/mol. The second kappa shape index (κ2) is 6.46. The summed E-state index contributed by atoms with van der Waals surface area (Å²) in [6.45, 7) is 0. The van der Waals surface area contributed by atoms with Crippen LogP contribution in [0.25, 0.3) is 0 Å². The molecule has 20 heavy (non-hydrogen) atoms. The number of aliphatic hydroxyl groups is 1. The predicted octanol–water partition coefficient (Wildman–Crippen LogP) is 3.09. The Balaban J connectivity index is 2.43. The fourth-order valence-corrected chi connectivity index (χ4v) is 3.15. The van der Waals surface area contributed by atoms with Crippen molar-refractivity contribution in [2.75, 3.05) is 21.3 Å². The number of aliphatic hydroxyl groups excluding tert-OH is 1. The standard InChI is InChI=1S/C16H24O4/c1-18-12-8-7-9-13(19-2)14(12)15(17)16(20-3)10-5-4-6-11-16/h7-9,15,17H,4-6,10-11H2,1-3H3. The van der Waals surface area contributed by atoms with E-state index in [1.165, 1.54) is 6.42 Å². The second-order valence-corrected chi connectivity index (χ2v) is 5.31. The minimum Gasteiger partial charge on any atom is -0.496 e. The Hall–Kier alpha value is -1.26. The molecule has 1 aliphatic carbocycles. The summed E-state index contributed by atoms with van der Waals surface area (Å²) in [5.41, 5.74) is 0.140. The highest BCUT2D eigenvalue weighted by atomic mass is 16.5. The smallest absolute Gasteiger partial charge is 0.128 e. The van der Waals surface area contributed by atoms with Crippen LogP contribution in [0.1, 0.15) is 43.8 Å². The van der Waals surface area contributed by atoms with E-state index < -0.39 is 11.7 Å². The summed E-state index contributed by atoms with van der Waals surface area (Å²) in [6, 6.07) is 5.54. The van der Waals surface area contributed by atoms with Gasteiger partial charge < -0.3 is 19.3 Å². The van der Waals surface area contributed by atoms with Crippen molar-refractivity contribution >= 4 is 0 Å². The van der Waals surface area contributed by atoms with Gasteiger partial charge in [0.25, 0.3) is 0 Å². The van der Waals surface area contributed by atoms with Crippen LogP contribution in [-0.4, -0.2) is 32.0 Å². The largest absolute Gasteiger partial charge is 0.496 e. The SMILES string of the molecule is COc1cccc(OC)c1C(O)C1(OC)CCCCC1. The molecule has 1 atom stereocenters. The van der Waals surface area contributed by atoms with Crippen LogP contribution in [0.15, 0.2) is 18.2 Å². The average molecular weight is 280 g/mol. The Morgan fingerprint density at radius 2 is 1.55 bits per heavy atom. The first kappa shape index (κ1) is 15.1. The summed E-state index contributed by atoms with van der Waals surface area (Å²) in [5, 5.41) is 10.9. The van der Waals surface area contributed by atoms with Crippen molar-refractivity contribution in [3.63, 3.8) is 0 Å². The Labute approximate surface area is 120 Å². The van der Waals surface area contributed by atoms with Crippen LogP contribution in [0.5, 0.6) is 11.5 Å². The van der Waals surface area contributed by atoms with E-state index in [9.17, 15) is 5.11 Å². The van der Waals surface area contributed by atoms with E-state index in [1.807, 2.05) is 18.2 Å².